The largest absolute Gasteiger partial charge is 0.497 e. The van der Waals surface area contributed by atoms with E-state index < -0.39 is 0 Å². The molecule has 150 valence electrons. The topological polar surface area (TPSA) is 82.0 Å². The van der Waals surface area contributed by atoms with E-state index in [9.17, 15) is 4.79 Å². The van der Waals surface area contributed by atoms with Gasteiger partial charge in [-0.25, -0.2) is 4.98 Å². The molecule has 4 heterocycles. The Balaban J connectivity index is 1.70. The number of nitrogens with one attached hydrogen (secondary N) is 1. The summed E-state index contributed by atoms with van der Waals surface area (Å²) in [5.74, 6) is 1.35. The van der Waals surface area contributed by atoms with Crippen molar-refractivity contribution in [2.45, 2.75) is 6.54 Å². The highest BCUT2D eigenvalue weighted by atomic mass is 35.5. The van der Waals surface area contributed by atoms with E-state index in [2.05, 4.69) is 15.0 Å². The molecule has 0 amide bonds. The number of aromatic nitrogens is 4. The molecule has 7 nitrogen and oxygen atoms in total. The zero-order valence-corrected chi connectivity index (χ0v) is 17.0. The molecule has 5 rings (SSSR count). The molecule has 0 saturated heterocycles. The number of H-pyrrole nitrogens is 1. The molecule has 1 N–H and O–H groups in total. The first kappa shape index (κ1) is 18.4. The Morgan fingerprint density at radius 2 is 1.97 bits per heavy atom. The number of fused-ring (bicyclic) bond motifs is 5. The quantitative estimate of drug-likeness (QED) is 0.442. The smallest absolute Gasteiger partial charge is 0.275 e. The monoisotopic (exact) mass is 420 g/mol. The van der Waals surface area contributed by atoms with Crippen molar-refractivity contribution in [3.63, 3.8) is 0 Å². The predicted octanol–water partition coefficient (Wildman–Crippen LogP) is 4.14. The number of hydrogen-bond acceptors (Lipinski definition) is 5. The van der Waals surface area contributed by atoms with Crippen molar-refractivity contribution in [2.24, 2.45) is 0 Å². The molecular weight excluding hydrogens is 404 g/mol. The summed E-state index contributed by atoms with van der Waals surface area (Å²) in [4.78, 5) is 25.1. The molecule has 0 bridgehead atoms. The average Bonchev–Trinajstić information content (AvgIpc) is 3.17. The lowest BCUT2D eigenvalue weighted by molar-refractivity contribution is 0.390. The molecule has 0 spiro atoms. The zero-order valence-electron chi connectivity index (χ0n) is 16.3. The Bertz CT molecular complexity index is 1490. The van der Waals surface area contributed by atoms with E-state index in [1.165, 1.54) is 0 Å². The number of aromatic amines is 1. The van der Waals surface area contributed by atoms with Gasteiger partial charge in [0.2, 0.25) is 0 Å². The Kier molecular flexibility index (Phi) is 4.33. The molecule has 0 atom stereocenters. The van der Waals surface area contributed by atoms with Crippen LogP contribution in [0.15, 0.2) is 53.7 Å². The van der Waals surface area contributed by atoms with Crippen molar-refractivity contribution in [1.29, 1.82) is 0 Å². The summed E-state index contributed by atoms with van der Waals surface area (Å²) < 4.78 is 12.3. The fraction of sp³-hybridized carbons (Fsp3) is 0.136. The van der Waals surface area contributed by atoms with E-state index >= 15 is 0 Å². The highest BCUT2D eigenvalue weighted by Crippen LogP contribution is 2.33. The molecule has 4 aromatic heterocycles. The summed E-state index contributed by atoms with van der Waals surface area (Å²) in [6.07, 6.45) is 5.10. The van der Waals surface area contributed by atoms with E-state index in [1.54, 1.807) is 43.4 Å². The molecular formula is C22H17ClN4O3. The molecule has 0 fully saturated rings. The van der Waals surface area contributed by atoms with Crippen LogP contribution in [0.5, 0.6) is 11.5 Å². The standard InChI is InChI=1S/C22H17ClN4O3/c1-29-13-4-3-12(17(9-13)30-2)11-27-8-6-15-18-19(26-20(15)22(27)28)14-5-7-24-10-16(14)25-21(18)23/h3-10,26H,11H2,1-2H3. The van der Waals surface area contributed by atoms with Gasteiger partial charge in [-0.1, -0.05) is 11.6 Å². The van der Waals surface area contributed by atoms with Crippen LogP contribution in [0.2, 0.25) is 5.15 Å². The number of hydrogen-bond donors (Lipinski definition) is 1. The molecule has 0 radical (unpaired) electrons. The minimum atomic E-state index is -0.153. The third kappa shape index (κ3) is 2.78. The van der Waals surface area contributed by atoms with Crippen molar-refractivity contribution >= 4 is 44.3 Å². The van der Waals surface area contributed by atoms with E-state index in [0.29, 0.717) is 34.2 Å². The number of methoxy groups -OCH3 is 2. The normalized spacial score (nSPS) is 11.4. The Morgan fingerprint density at radius 1 is 1.10 bits per heavy atom. The molecule has 1 aromatic carbocycles. The second-order valence-corrected chi connectivity index (χ2v) is 7.24. The van der Waals surface area contributed by atoms with Crippen LogP contribution >= 0.6 is 11.6 Å². The van der Waals surface area contributed by atoms with E-state index in [1.807, 2.05) is 24.3 Å². The fourth-order valence-electron chi connectivity index (χ4n) is 3.78. The van der Waals surface area contributed by atoms with Gasteiger partial charge in [-0.2, -0.15) is 0 Å². The van der Waals surface area contributed by atoms with Crippen LogP contribution in [-0.4, -0.2) is 33.7 Å². The second-order valence-electron chi connectivity index (χ2n) is 6.89. The third-order valence-corrected chi connectivity index (χ3v) is 5.54. The first-order valence-electron chi connectivity index (χ1n) is 9.25. The summed E-state index contributed by atoms with van der Waals surface area (Å²) in [5, 5.41) is 2.68. The summed E-state index contributed by atoms with van der Waals surface area (Å²) in [6.45, 7) is 0.355. The molecule has 5 aromatic rings. The van der Waals surface area contributed by atoms with Crippen molar-refractivity contribution < 1.29 is 9.47 Å². The van der Waals surface area contributed by atoms with Crippen molar-refractivity contribution in [2.75, 3.05) is 14.2 Å². The maximum atomic E-state index is 13.3. The number of ether oxygens (including phenoxy) is 2. The minimum absolute atomic E-state index is 0.153. The lowest BCUT2D eigenvalue weighted by Crippen LogP contribution is -2.20. The third-order valence-electron chi connectivity index (χ3n) is 5.26. The van der Waals surface area contributed by atoms with Gasteiger partial charge in [0, 0.05) is 40.2 Å². The first-order valence-corrected chi connectivity index (χ1v) is 9.63. The van der Waals surface area contributed by atoms with Gasteiger partial charge in [0.15, 0.2) is 0 Å². The predicted molar refractivity (Wildman–Crippen MR) is 117 cm³/mol. The summed E-state index contributed by atoms with van der Waals surface area (Å²) in [7, 11) is 3.19. The van der Waals surface area contributed by atoms with Gasteiger partial charge < -0.3 is 19.0 Å². The zero-order chi connectivity index (χ0) is 20.8. The highest BCUT2D eigenvalue weighted by Gasteiger charge is 2.16. The van der Waals surface area contributed by atoms with Crippen LogP contribution in [0, 0.1) is 0 Å². The van der Waals surface area contributed by atoms with Crippen LogP contribution < -0.4 is 15.0 Å². The van der Waals surface area contributed by atoms with Crippen LogP contribution in [0.4, 0.5) is 0 Å². The van der Waals surface area contributed by atoms with Gasteiger partial charge in [-0.3, -0.25) is 9.78 Å². The van der Waals surface area contributed by atoms with Crippen molar-refractivity contribution in [3.8, 4) is 11.5 Å². The number of pyridine rings is 3. The van der Waals surface area contributed by atoms with Gasteiger partial charge >= 0.3 is 0 Å². The van der Waals surface area contributed by atoms with Gasteiger partial charge in [0.1, 0.15) is 22.2 Å². The van der Waals surface area contributed by atoms with Crippen LogP contribution in [0.1, 0.15) is 5.56 Å². The Hall–Kier alpha value is -3.58. The summed E-state index contributed by atoms with van der Waals surface area (Å²) >= 11 is 6.45. The minimum Gasteiger partial charge on any atom is -0.497 e. The molecule has 0 aliphatic rings. The summed E-state index contributed by atoms with van der Waals surface area (Å²) in [6, 6.07) is 9.27. The number of rotatable bonds is 4. The van der Waals surface area contributed by atoms with Gasteiger partial charge in [-0.15, -0.1) is 0 Å². The molecule has 8 heteroatoms. The summed E-state index contributed by atoms with van der Waals surface area (Å²) in [5.41, 5.74) is 2.64. The SMILES string of the molecule is COc1ccc(Cn2ccc3c([nH]c4c5ccncc5nc(Cl)c34)c2=O)c(OC)c1. The van der Waals surface area contributed by atoms with Crippen LogP contribution in [0.25, 0.3) is 32.7 Å². The first-order chi connectivity index (χ1) is 14.6. The maximum absolute atomic E-state index is 13.3. The molecule has 0 aliphatic carbocycles. The lowest BCUT2D eigenvalue weighted by atomic mass is 10.1. The van der Waals surface area contributed by atoms with Crippen LogP contribution in [-0.2, 0) is 6.54 Å². The molecule has 0 aliphatic heterocycles. The number of halogens is 1. The van der Waals surface area contributed by atoms with Crippen molar-refractivity contribution in [3.05, 3.63) is 70.0 Å². The number of nitrogens with zero attached hydrogens (tertiary/aromatic N) is 3. The Labute approximate surface area is 175 Å². The van der Waals surface area contributed by atoms with Gasteiger partial charge in [0.25, 0.3) is 5.56 Å². The molecule has 0 saturated carbocycles. The fourth-order valence-corrected chi connectivity index (χ4v) is 4.07. The van der Waals surface area contributed by atoms with Crippen molar-refractivity contribution in [1.82, 2.24) is 19.5 Å². The van der Waals surface area contributed by atoms with Crippen LogP contribution in [0.3, 0.4) is 0 Å². The van der Waals surface area contributed by atoms with Gasteiger partial charge in [0.05, 0.1) is 38.0 Å². The number of benzene rings is 1. The van der Waals surface area contributed by atoms with E-state index in [4.69, 9.17) is 21.1 Å². The average molecular weight is 421 g/mol. The lowest BCUT2D eigenvalue weighted by Gasteiger charge is -2.12. The Morgan fingerprint density at radius 3 is 2.77 bits per heavy atom. The molecule has 0 unspecified atom stereocenters. The molecule has 30 heavy (non-hydrogen) atoms. The second kappa shape index (κ2) is 7.03. The highest BCUT2D eigenvalue weighted by molar-refractivity contribution is 6.38. The maximum Gasteiger partial charge on any atom is 0.275 e. The van der Waals surface area contributed by atoms with Gasteiger partial charge in [-0.05, 0) is 24.3 Å². The van der Waals surface area contributed by atoms with E-state index in [0.717, 1.165) is 27.2 Å². The van der Waals surface area contributed by atoms with E-state index in [-0.39, 0.29) is 5.56 Å².